The van der Waals surface area contributed by atoms with Gasteiger partial charge >= 0.3 is 0 Å². The van der Waals surface area contributed by atoms with Gasteiger partial charge in [0.1, 0.15) is 5.52 Å². The zero-order valence-corrected chi connectivity index (χ0v) is 14.2. The Morgan fingerprint density at radius 2 is 1.84 bits per heavy atom. The molecule has 0 saturated heterocycles. The molecule has 1 aromatic heterocycles. The maximum absolute atomic E-state index is 6.06. The lowest BCUT2D eigenvalue weighted by atomic mass is 10.2. The van der Waals surface area contributed by atoms with Crippen LogP contribution in [0.4, 0.5) is 5.69 Å². The number of hydrogen-bond donors (Lipinski definition) is 1. The topological polar surface area (TPSA) is 52.0 Å². The Kier molecular flexibility index (Phi) is 3.41. The van der Waals surface area contributed by atoms with E-state index < -0.39 is 0 Å². The molecule has 6 heteroatoms. The smallest absolute Gasteiger partial charge is 0.229 e. The van der Waals surface area contributed by atoms with Crippen LogP contribution < -0.4 is 5.73 Å². The molecule has 2 N–H and O–H groups in total. The number of fused-ring (bicyclic) bond motifs is 1. The summed E-state index contributed by atoms with van der Waals surface area (Å²) < 4.78 is 8.38. The van der Waals surface area contributed by atoms with Crippen LogP contribution in [0, 0.1) is 0 Å². The molecule has 0 aliphatic rings. The molecule has 0 aliphatic carbocycles. The molecule has 1 heterocycles. The van der Waals surface area contributed by atoms with Crippen molar-refractivity contribution in [3.63, 3.8) is 0 Å². The van der Waals surface area contributed by atoms with Gasteiger partial charge in [-0.05, 0) is 56.1 Å². The molecule has 0 aliphatic heterocycles. The van der Waals surface area contributed by atoms with Gasteiger partial charge in [0.15, 0.2) is 5.58 Å². The largest absolute Gasteiger partial charge is 0.435 e. The van der Waals surface area contributed by atoms with Crippen molar-refractivity contribution in [2.24, 2.45) is 0 Å². The lowest BCUT2D eigenvalue weighted by Crippen LogP contribution is -1.92. The molecule has 0 atom stereocenters. The van der Waals surface area contributed by atoms with Gasteiger partial charge in [-0.25, -0.2) is 4.98 Å². The fraction of sp³-hybridized carbons (Fsp3) is 0. The van der Waals surface area contributed by atoms with Crippen LogP contribution >= 0.6 is 47.8 Å². The lowest BCUT2D eigenvalue weighted by molar-refractivity contribution is 0.618. The predicted molar refractivity (Wildman–Crippen MR) is 87.0 cm³/mol. The van der Waals surface area contributed by atoms with E-state index in [1.165, 1.54) is 0 Å². The van der Waals surface area contributed by atoms with Crippen molar-refractivity contribution in [3.8, 4) is 11.5 Å². The van der Waals surface area contributed by atoms with Crippen molar-refractivity contribution < 1.29 is 4.42 Å². The van der Waals surface area contributed by atoms with Crippen LogP contribution in [0.2, 0.25) is 0 Å². The Balaban J connectivity index is 2.28. The molecule has 0 bridgehead atoms. The zero-order valence-electron chi connectivity index (χ0n) is 9.45. The second-order valence-corrected chi connectivity index (χ2v) is 6.58. The van der Waals surface area contributed by atoms with Crippen LogP contribution in [0.1, 0.15) is 0 Å². The summed E-state index contributed by atoms with van der Waals surface area (Å²) in [4.78, 5) is 4.47. The Bertz CT molecular complexity index is 783. The number of hydrogen-bond acceptors (Lipinski definition) is 3. The Morgan fingerprint density at radius 3 is 2.58 bits per heavy atom. The van der Waals surface area contributed by atoms with E-state index in [1.807, 2.05) is 30.3 Å². The highest BCUT2D eigenvalue weighted by Gasteiger charge is 2.15. The van der Waals surface area contributed by atoms with Crippen molar-refractivity contribution in [2.75, 3.05) is 5.73 Å². The number of nitrogens with two attached hydrogens (primary N) is 1. The first-order valence-corrected chi connectivity index (χ1v) is 7.74. The van der Waals surface area contributed by atoms with Crippen LogP contribution in [0.25, 0.3) is 22.6 Å². The second-order valence-electron chi connectivity index (χ2n) is 3.96. The van der Waals surface area contributed by atoms with Gasteiger partial charge < -0.3 is 10.2 Å². The fourth-order valence-corrected chi connectivity index (χ4v) is 3.45. The highest BCUT2D eigenvalue weighted by molar-refractivity contribution is 9.11. The van der Waals surface area contributed by atoms with Gasteiger partial charge in [0, 0.05) is 8.95 Å². The molecule has 0 spiro atoms. The summed E-state index contributed by atoms with van der Waals surface area (Å²) in [6.07, 6.45) is 0. The zero-order chi connectivity index (χ0) is 13.6. The van der Waals surface area contributed by atoms with Gasteiger partial charge in [-0.15, -0.1) is 0 Å². The van der Waals surface area contributed by atoms with Gasteiger partial charge in [-0.3, -0.25) is 0 Å². The number of aromatic nitrogens is 1. The number of rotatable bonds is 1. The summed E-state index contributed by atoms with van der Waals surface area (Å²) in [5, 5.41) is 0. The normalized spacial score (nSPS) is 11.1. The molecule has 0 saturated carbocycles. The molecule has 2 aromatic carbocycles. The lowest BCUT2D eigenvalue weighted by Gasteiger charge is -2.04. The molecular weight excluding hydrogens is 440 g/mol. The van der Waals surface area contributed by atoms with Crippen LogP contribution in [0.3, 0.4) is 0 Å². The molecule has 96 valence electrons. The van der Waals surface area contributed by atoms with E-state index in [0.29, 0.717) is 17.2 Å². The van der Waals surface area contributed by atoms with Crippen molar-refractivity contribution in [1.29, 1.82) is 0 Å². The summed E-state index contributed by atoms with van der Waals surface area (Å²) in [5.41, 5.74) is 8.93. The van der Waals surface area contributed by atoms with Crippen LogP contribution in [0.15, 0.2) is 48.2 Å². The maximum Gasteiger partial charge on any atom is 0.229 e. The number of para-hydroxylation sites is 1. The van der Waals surface area contributed by atoms with Crippen molar-refractivity contribution >= 4 is 64.6 Å². The van der Waals surface area contributed by atoms with E-state index in [-0.39, 0.29) is 0 Å². The van der Waals surface area contributed by atoms with E-state index in [4.69, 9.17) is 10.2 Å². The Hall–Kier alpha value is -0.850. The van der Waals surface area contributed by atoms with Gasteiger partial charge in [-0.2, -0.15) is 0 Å². The number of halogens is 3. The van der Waals surface area contributed by atoms with E-state index in [1.54, 1.807) is 0 Å². The minimum atomic E-state index is 0.501. The molecule has 3 aromatic rings. The van der Waals surface area contributed by atoms with Crippen LogP contribution in [-0.4, -0.2) is 4.98 Å². The first kappa shape index (κ1) is 13.1. The first-order chi connectivity index (χ1) is 9.06. The number of benzene rings is 2. The maximum atomic E-state index is 6.06. The minimum Gasteiger partial charge on any atom is -0.435 e. The van der Waals surface area contributed by atoms with Crippen molar-refractivity contribution in [3.05, 3.63) is 43.7 Å². The Labute approximate surface area is 134 Å². The third-order valence-electron chi connectivity index (χ3n) is 2.69. The molecule has 0 unspecified atom stereocenters. The highest BCUT2D eigenvalue weighted by atomic mass is 79.9. The molecule has 19 heavy (non-hydrogen) atoms. The summed E-state index contributed by atoms with van der Waals surface area (Å²) in [5.74, 6) is 0.501. The number of oxazole rings is 1. The SMILES string of the molecule is Nc1c(Br)cc(Br)cc1-c1nc2cccc(Br)c2o1. The second kappa shape index (κ2) is 4.92. The molecule has 0 amide bonds. The number of anilines is 1. The van der Waals surface area contributed by atoms with Gasteiger partial charge in [0.05, 0.1) is 15.7 Å². The minimum absolute atomic E-state index is 0.501. The van der Waals surface area contributed by atoms with E-state index >= 15 is 0 Å². The number of nitrogen functional groups attached to an aromatic ring is 1. The average Bonchev–Trinajstić information content (AvgIpc) is 2.79. The molecule has 0 radical (unpaired) electrons. The van der Waals surface area contributed by atoms with E-state index in [2.05, 4.69) is 52.8 Å². The molecule has 3 nitrogen and oxygen atoms in total. The highest BCUT2D eigenvalue weighted by Crippen LogP contribution is 2.37. The Morgan fingerprint density at radius 1 is 1.05 bits per heavy atom. The van der Waals surface area contributed by atoms with Crippen molar-refractivity contribution in [1.82, 2.24) is 4.98 Å². The number of nitrogens with zero attached hydrogens (tertiary/aromatic N) is 1. The summed E-state index contributed by atoms with van der Waals surface area (Å²) in [6.45, 7) is 0. The monoisotopic (exact) mass is 444 g/mol. The summed E-state index contributed by atoms with van der Waals surface area (Å²) in [6, 6.07) is 9.50. The van der Waals surface area contributed by atoms with Gasteiger partial charge in [0.25, 0.3) is 0 Å². The fourth-order valence-electron chi connectivity index (χ4n) is 1.79. The molecular formula is C13H7Br3N2O. The molecule has 0 fully saturated rings. The standard InChI is InChI=1S/C13H7Br3N2O/c14-6-4-7(11(17)9(16)5-6)13-18-10-3-1-2-8(15)12(10)19-13/h1-5H,17H2. The van der Waals surface area contributed by atoms with Crippen molar-refractivity contribution in [2.45, 2.75) is 0 Å². The summed E-state index contributed by atoms with van der Waals surface area (Å²) >= 11 is 10.3. The van der Waals surface area contributed by atoms with E-state index in [0.717, 1.165) is 24.5 Å². The summed E-state index contributed by atoms with van der Waals surface area (Å²) in [7, 11) is 0. The quantitative estimate of drug-likeness (QED) is 0.511. The van der Waals surface area contributed by atoms with E-state index in [9.17, 15) is 0 Å². The third-order valence-corrected chi connectivity index (χ3v) is 4.43. The van der Waals surface area contributed by atoms with Gasteiger partial charge in [0.2, 0.25) is 5.89 Å². The van der Waals surface area contributed by atoms with Gasteiger partial charge in [-0.1, -0.05) is 22.0 Å². The first-order valence-electron chi connectivity index (χ1n) is 5.36. The van der Waals surface area contributed by atoms with Crippen LogP contribution in [0.5, 0.6) is 0 Å². The third kappa shape index (κ3) is 2.32. The average molecular weight is 447 g/mol. The van der Waals surface area contributed by atoms with Crippen LogP contribution in [-0.2, 0) is 0 Å². The predicted octanol–water partition coefficient (Wildman–Crippen LogP) is 5.36. The molecule has 3 rings (SSSR count).